The number of H-pyrrole nitrogens is 1. The first kappa shape index (κ1) is 21.0. The number of amides is 2. The van der Waals surface area contributed by atoms with Gasteiger partial charge in [-0.2, -0.15) is 0 Å². The van der Waals surface area contributed by atoms with Gasteiger partial charge in [0.25, 0.3) is 5.91 Å². The summed E-state index contributed by atoms with van der Waals surface area (Å²) in [6, 6.07) is 19.6. The average Bonchev–Trinajstić information content (AvgIpc) is 3.24. The lowest BCUT2D eigenvalue weighted by Gasteiger charge is -2.37. The van der Waals surface area contributed by atoms with Crippen LogP contribution >= 0.6 is 0 Å². The Bertz CT molecular complexity index is 998. The van der Waals surface area contributed by atoms with Crippen LogP contribution < -0.4 is 5.32 Å². The van der Waals surface area contributed by atoms with Gasteiger partial charge < -0.3 is 19.9 Å². The van der Waals surface area contributed by atoms with Crippen molar-refractivity contribution in [3.63, 3.8) is 0 Å². The highest BCUT2D eigenvalue weighted by Gasteiger charge is 2.30. The summed E-state index contributed by atoms with van der Waals surface area (Å²) in [4.78, 5) is 30.7. The molecule has 0 unspecified atom stereocenters. The molecule has 2 N–H and O–H groups in total. The van der Waals surface area contributed by atoms with E-state index < -0.39 is 6.09 Å². The Morgan fingerprint density at radius 2 is 1.87 bits per heavy atom. The third kappa shape index (κ3) is 5.08. The number of nitrogens with one attached hydrogen (secondary N) is 2. The van der Waals surface area contributed by atoms with Gasteiger partial charge in [0.2, 0.25) is 0 Å². The number of benzene rings is 2. The fraction of sp³-hybridized carbons (Fsp3) is 0.360. The maximum atomic E-state index is 13.2. The first-order valence-electron chi connectivity index (χ1n) is 11.0. The fourth-order valence-electron chi connectivity index (χ4n) is 4.42. The molecule has 4 rings (SSSR count). The van der Waals surface area contributed by atoms with Crippen molar-refractivity contribution >= 4 is 22.9 Å². The number of fused-ring (bicyclic) bond motifs is 1. The maximum absolute atomic E-state index is 13.2. The predicted molar refractivity (Wildman–Crippen MR) is 121 cm³/mol. The molecule has 31 heavy (non-hydrogen) atoms. The molecule has 1 fully saturated rings. The van der Waals surface area contributed by atoms with Gasteiger partial charge in [-0.3, -0.25) is 4.79 Å². The molecule has 1 aliphatic carbocycles. The fourth-order valence-corrected chi connectivity index (χ4v) is 4.42. The zero-order valence-electron chi connectivity index (χ0n) is 17.8. The molecular weight excluding hydrogens is 390 g/mol. The SMILES string of the molecule is CCN(C(=O)c1cc2ccccc2[nH]1)[C@H]1CCC[C@@H](NC(=O)OCc2ccccc2)C1. The van der Waals surface area contributed by atoms with Gasteiger partial charge in [0, 0.05) is 29.5 Å². The Morgan fingerprint density at radius 3 is 2.65 bits per heavy atom. The van der Waals surface area contributed by atoms with Crippen molar-refractivity contribution in [2.24, 2.45) is 0 Å². The number of aromatic amines is 1. The summed E-state index contributed by atoms with van der Waals surface area (Å²) in [7, 11) is 0. The second-order valence-electron chi connectivity index (χ2n) is 8.08. The number of carbonyl (C=O) groups is 2. The number of hydrogen-bond acceptors (Lipinski definition) is 3. The third-order valence-corrected chi connectivity index (χ3v) is 5.98. The monoisotopic (exact) mass is 419 g/mol. The summed E-state index contributed by atoms with van der Waals surface area (Å²) in [5, 5.41) is 4.02. The lowest BCUT2D eigenvalue weighted by atomic mass is 9.89. The van der Waals surface area contributed by atoms with E-state index in [0.717, 1.165) is 42.1 Å². The van der Waals surface area contributed by atoms with Crippen LogP contribution in [0.15, 0.2) is 60.7 Å². The van der Waals surface area contributed by atoms with Crippen molar-refractivity contribution in [3.05, 3.63) is 71.9 Å². The molecule has 1 aromatic heterocycles. The van der Waals surface area contributed by atoms with E-state index in [1.807, 2.05) is 72.5 Å². The van der Waals surface area contributed by atoms with Crippen LogP contribution in [0.25, 0.3) is 10.9 Å². The zero-order valence-corrected chi connectivity index (χ0v) is 17.8. The molecule has 1 aliphatic rings. The summed E-state index contributed by atoms with van der Waals surface area (Å²) in [5.41, 5.74) is 2.53. The van der Waals surface area contributed by atoms with Crippen LogP contribution in [0.3, 0.4) is 0 Å². The van der Waals surface area contributed by atoms with Gasteiger partial charge in [-0.25, -0.2) is 4.79 Å². The van der Waals surface area contributed by atoms with Crippen LogP contribution in [-0.2, 0) is 11.3 Å². The van der Waals surface area contributed by atoms with E-state index in [4.69, 9.17) is 4.74 Å². The van der Waals surface area contributed by atoms with Crippen LogP contribution in [0.2, 0.25) is 0 Å². The van der Waals surface area contributed by atoms with Gasteiger partial charge in [0.05, 0.1) is 0 Å². The predicted octanol–water partition coefficient (Wildman–Crippen LogP) is 4.87. The van der Waals surface area contributed by atoms with Crippen LogP contribution in [-0.4, -0.2) is 40.5 Å². The molecule has 1 saturated carbocycles. The number of nitrogens with zero attached hydrogens (tertiary/aromatic N) is 1. The van der Waals surface area contributed by atoms with Crippen LogP contribution in [0.1, 0.15) is 48.7 Å². The second-order valence-corrected chi connectivity index (χ2v) is 8.08. The quantitative estimate of drug-likeness (QED) is 0.599. The first-order valence-corrected chi connectivity index (χ1v) is 11.0. The summed E-state index contributed by atoms with van der Waals surface area (Å²) < 4.78 is 5.37. The number of hydrogen-bond donors (Lipinski definition) is 2. The molecule has 0 radical (unpaired) electrons. The molecule has 162 valence electrons. The summed E-state index contributed by atoms with van der Waals surface area (Å²) in [6.45, 7) is 2.89. The smallest absolute Gasteiger partial charge is 0.407 e. The summed E-state index contributed by atoms with van der Waals surface area (Å²) in [5.74, 6) is 0.0102. The van der Waals surface area contributed by atoms with Crippen LogP contribution in [0.4, 0.5) is 4.79 Å². The van der Waals surface area contributed by atoms with Crippen molar-refractivity contribution in [2.45, 2.75) is 51.3 Å². The van der Waals surface area contributed by atoms with E-state index in [1.54, 1.807) is 0 Å². The zero-order chi connectivity index (χ0) is 21.6. The minimum absolute atomic E-state index is 0.00610. The van der Waals surface area contributed by atoms with Crippen LogP contribution in [0.5, 0.6) is 0 Å². The molecule has 6 nitrogen and oxygen atoms in total. The van der Waals surface area contributed by atoms with Gasteiger partial charge in [-0.05, 0) is 50.3 Å². The van der Waals surface area contributed by atoms with Crippen molar-refractivity contribution in [3.8, 4) is 0 Å². The Morgan fingerprint density at radius 1 is 1.10 bits per heavy atom. The van der Waals surface area contributed by atoms with Gasteiger partial charge in [0.1, 0.15) is 12.3 Å². The number of alkyl carbamates (subject to hydrolysis) is 1. The summed E-state index contributed by atoms with van der Waals surface area (Å²) in [6.07, 6.45) is 3.14. The molecular formula is C25H29N3O3. The molecule has 1 heterocycles. The van der Waals surface area contributed by atoms with Crippen molar-refractivity contribution in [1.82, 2.24) is 15.2 Å². The van der Waals surface area contributed by atoms with Gasteiger partial charge in [-0.15, -0.1) is 0 Å². The first-order chi connectivity index (χ1) is 15.1. The van der Waals surface area contributed by atoms with E-state index in [-0.39, 0.29) is 24.6 Å². The minimum atomic E-state index is -0.403. The van der Waals surface area contributed by atoms with Crippen molar-refractivity contribution in [2.75, 3.05) is 6.54 Å². The topological polar surface area (TPSA) is 74.4 Å². The largest absolute Gasteiger partial charge is 0.445 e. The normalized spacial score (nSPS) is 18.5. The number of rotatable bonds is 6. The Labute approximate surface area is 182 Å². The highest BCUT2D eigenvalue weighted by atomic mass is 16.5. The van der Waals surface area contributed by atoms with Gasteiger partial charge in [0.15, 0.2) is 0 Å². The number of para-hydroxylation sites is 1. The lowest BCUT2D eigenvalue weighted by molar-refractivity contribution is 0.0620. The van der Waals surface area contributed by atoms with Crippen molar-refractivity contribution < 1.29 is 14.3 Å². The lowest BCUT2D eigenvalue weighted by Crippen LogP contribution is -2.48. The minimum Gasteiger partial charge on any atom is -0.445 e. The molecule has 0 spiro atoms. The molecule has 2 aromatic carbocycles. The average molecular weight is 420 g/mol. The third-order valence-electron chi connectivity index (χ3n) is 5.98. The van der Waals surface area contributed by atoms with Gasteiger partial charge in [-0.1, -0.05) is 48.5 Å². The number of ether oxygens (including phenoxy) is 1. The Kier molecular flexibility index (Phi) is 6.55. The second kappa shape index (κ2) is 9.69. The summed E-state index contributed by atoms with van der Waals surface area (Å²) >= 11 is 0. The van der Waals surface area contributed by atoms with E-state index in [2.05, 4.69) is 10.3 Å². The molecule has 0 bridgehead atoms. The standard InChI is InChI=1S/C25H29N3O3/c1-2-28(24(29)23-15-19-11-6-7-14-22(19)27-23)21-13-8-12-20(16-21)26-25(30)31-17-18-9-4-3-5-10-18/h3-7,9-11,14-15,20-21,27H,2,8,12-13,16-17H2,1H3,(H,26,30)/t20-,21+/m1/s1. The highest BCUT2D eigenvalue weighted by molar-refractivity contribution is 5.98. The Balaban J connectivity index is 1.35. The van der Waals surface area contributed by atoms with Crippen molar-refractivity contribution in [1.29, 1.82) is 0 Å². The Hall–Kier alpha value is -3.28. The highest BCUT2D eigenvalue weighted by Crippen LogP contribution is 2.25. The van der Waals surface area contributed by atoms with Gasteiger partial charge >= 0.3 is 6.09 Å². The molecule has 3 aromatic rings. The molecule has 2 amide bonds. The van der Waals surface area contributed by atoms with E-state index >= 15 is 0 Å². The molecule has 6 heteroatoms. The number of carbonyl (C=O) groups excluding carboxylic acids is 2. The molecule has 0 aliphatic heterocycles. The number of aromatic nitrogens is 1. The van der Waals surface area contributed by atoms with E-state index in [1.165, 1.54) is 0 Å². The molecule has 2 atom stereocenters. The molecule has 0 saturated heterocycles. The maximum Gasteiger partial charge on any atom is 0.407 e. The van der Waals surface area contributed by atoms with E-state index in [9.17, 15) is 9.59 Å². The van der Waals surface area contributed by atoms with E-state index in [0.29, 0.717) is 12.2 Å². The van der Waals surface area contributed by atoms with Crippen LogP contribution in [0, 0.1) is 0 Å².